The summed E-state index contributed by atoms with van der Waals surface area (Å²) >= 11 is 0. The Balaban J connectivity index is 2.40. The van der Waals surface area contributed by atoms with Gasteiger partial charge in [0.05, 0.1) is 18.8 Å². The molecule has 2 atom stereocenters. The third kappa shape index (κ3) is 2.20. The van der Waals surface area contributed by atoms with Gasteiger partial charge in [0, 0.05) is 30.7 Å². The van der Waals surface area contributed by atoms with Crippen molar-refractivity contribution in [1.29, 1.82) is 0 Å². The van der Waals surface area contributed by atoms with Gasteiger partial charge in [-0.3, -0.25) is 0 Å². The molecule has 4 nitrogen and oxygen atoms in total. The molecule has 0 amide bonds. The lowest BCUT2D eigenvalue weighted by Crippen LogP contribution is -2.42. The molecule has 0 saturated carbocycles. The van der Waals surface area contributed by atoms with Crippen molar-refractivity contribution in [2.24, 2.45) is 5.92 Å². The van der Waals surface area contributed by atoms with Crippen LogP contribution in [0, 0.1) is 11.7 Å². The van der Waals surface area contributed by atoms with E-state index in [1.54, 1.807) is 6.92 Å². The van der Waals surface area contributed by atoms with E-state index in [2.05, 4.69) is 4.98 Å². The minimum absolute atomic E-state index is 0.0536. The normalized spacial score (nSPS) is 28.1. The highest BCUT2D eigenvalue weighted by Crippen LogP contribution is 2.38. The standard InChI is InChI=1S/C13H18FNO3/c1-3-18-12-11(14)10(4-6-15-12)13(16)5-7-17-8-9(13)2/h4,6,9,16H,3,5,7-8H2,1-2H3. The zero-order valence-electron chi connectivity index (χ0n) is 10.6. The maximum Gasteiger partial charge on any atom is 0.250 e. The van der Waals surface area contributed by atoms with Crippen molar-refractivity contribution in [3.63, 3.8) is 0 Å². The summed E-state index contributed by atoms with van der Waals surface area (Å²) in [6.07, 6.45) is 1.84. The van der Waals surface area contributed by atoms with E-state index in [1.807, 2.05) is 6.92 Å². The van der Waals surface area contributed by atoms with Crippen LogP contribution in [0.15, 0.2) is 12.3 Å². The first kappa shape index (κ1) is 13.2. The molecule has 1 aliphatic rings. The second-order valence-corrected chi connectivity index (χ2v) is 4.56. The highest BCUT2D eigenvalue weighted by Gasteiger charge is 2.41. The summed E-state index contributed by atoms with van der Waals surface area (Å²) in [5.74, 6) is -0.796. The second-order valence-electron chi connectivity index (χ2n) is 4.56. The highest BCUT2D eigenvalue weighted by atomic mass is 19.1. The summed E-state index contributed by atoms with van der Waals surface area (Å²) in [4.78, 5) is 3.84. The van der Waals surface area contributed by atoms with E-state index in [0.717, 1.165) is 0 Å². The Bertz CT molecular complexity index is 427. The highest BCUT2D eigenvalue weighted by molar-refractivity contribution is 5.30. The quantitative estimate of drug-likeness (QED) is 0.895. The van der Waals surface area contributed by atoms with Crippen LogP contribution in [0.5, 0.6) is 5.88 Å². The largest absolute Gasteiger partial charge is 0.476 e. The Labute approximate surface area is 106 Å². The Kier molecular flexibility index (Phi) is 3.82. The van der Waals surface area contributed by atoms with Crippen molar-refractivity contribution in [2.45, 2.75) is 25.9 Å². The SMILES string of the molecule is CCOc1nccc(C2(O)CCOCC2C)c1F. The lowest BCUT2D eigenvalue weighted by atomic mass is 9.79. The number of ether oxygens (including phenoxy) is 2. The molecule has 1 aromatic heterocycles. The molecule has 1 fully saturated rings. The third-order valence-electron chi connectivity index (χ3n) is 3.42. The predicted octanol–water partition coefficient (Wildman–Crippen LogP) is 1.86. The number of pyridine rings is 1. The molecule has 2 heterocycles. The number of nitrogens with zero attached hydrogens (tertiary/aromatic N) is 1. The summed E-state index contributed by atoms with van der Waals surface area (Å²) in [6, 6.07) is 1.51. The summed E-state index contributed by atoms with van der Waals surface area (Å²) in [5.41, 5.74) is -0.964. The minimum atomic E-state index is -1.21. The fourth-order valence-corrected chi connectivity index (χ4v) is 2.27. The number of hydrogen-bond donors (Lipinski definition) is 1. The fourth-order valence-electron chi connectivity index (χ4n) is 2.27. The van der Waals surface area contributed by atoms with E-state index in [4.69, 9.17) is 9.47 Å². The van der Waals surface area contributed by atoms with Gasteiger partial charge < -0.3 is 14.6 Å². The van der Waals surface area contributed by atoms with Crippen LogP contribution >= 0.6 is 0 Å². The van der Waals surface area contributed by atoms with Gasteiger partial charge in [0.1, 0.15) is 0 Å². The van der Waals surface area contributed by atoms with Crippen molar-refractivity contribution in [3.8, 4) is 5.88 Å². The number of rotatable bonds is 3. The first-order valence-corrected chi connectivity index (χ1v) is 6.17. The molecule has 5 heteroatoms. The molecule has 0 spiro atoms. The van der Waals surface area contributed by atoms with Crippen molar-refractivity contribution in [1.82, 2.24) is 4.98 Å². The first-order valence-electron chi connectivity index (χ1n) is 6.17. The third-order valence-corrected chi connectivity index (χ3v) is 3.42. The average molecular weight is 255 g/mol. The van der Waals surface area contributed by atoms with Crippen molar-refractivity contribution in [2.75, 3.05) is 19.8 Å². The Morgan fingerprint density at radius 1 is 1.67 bits per heavy atom. The van der Waals surface area contributed by atoms with Crippen LogP contribution in [0.3, 0.4) is 0 Å². The lowest BCUT2D eigenvalue weighted by Gasteiger charge is -2.38. The number of aliphatic hydroxyl groups is 1. The van der Waals surface area contributed by atoms with Crippen LogP contribution in [0.1, 0.15) is 25.8 Å². The van der Waals surface area contributed by atoms with Gasteiger partial charge in [0.25, 0.3) is 5.88 Å². The van der Waals surface area contributed by atoms with Gasteiger partial charge in [-0.15, -0.1) is 0 Å². The van der Waals surface area contributed by atoms with E-state index in [1.165, 1.54) is 12.3 Å². The van der Waals surface area contributed by atoms with Gasteiger partial charge in [-0.05, 0) is 13.0 Å². The first-order chi connectivity index (χ1) is 8.59. The monoisotopic (exact) mass is 255 g/mol. The zero-order valence-corrected chi connectivity index (χ0v) is 10.6. The molecule has 1 aromatic rings. The fraction of sp³-hybridized carbons (Fsp3) is 0.615. The molecule has 1 aliphatic heterocycles. The molecule has 1 saturated heterocycles. The Hall–Kier alpha value is -1.20. The number of hydrogen-bond acceptors (Lipinski definition) is 4. The van der Waals surface area contributed by atoms with E-state index < -0.39 is 11.4 Å². The topological polar surface area (TPSA) is 51.6 Å². The predicted molar refractivity (Wildman–Crippen MR) is 63.9 cm³/mol. The zero-order chi connectivity index (χ0) is 13.2. The maximum absolute atomic E-state index is 14.3. The molecular weight excluding hydrogens is 237 g/mol. The van der Waals surface area contributed by atoms with Crippen LogP contribution in [0.25, 0.3) is 0 Å². The smallest absolute Gasteiger partial charge is 0.250 e. The van der Waals surface area contributed by atoms with Crippen LogP contribution < -0.4 is 4.74 Å². The van der Waals surface area contributed by atoms with Crippen molar-refractivity contribution in [3.05, 3.63) is 23.6 Å². The molecule has 2 rings (SSSR count). The molecular formula is C13H18FNO3. The maximum atomic E-state index is 14.3. The van der Waals surface area contributed by atoms with E-state index in [-0.39, 0.29) is 17.4 Å². The molecule has 0 aliphatic carbocycles. The molecule has 0 radical (unpaired) electrons. The van der Waals surface area contributed by atoms with Crippen LogP contribution in [0.4, 0.5) is 4.39 Å². The summed E-state index contributed by atoms with van der Waals surface area (Å²) in [6.45, 7) is 4.79. The summed E-state index contributed by atoms with van der Waals surface area (Å²) in [7, 11) is 0. The number of aromatic nitrogens is 1. The molecule has 1 N–H and O–H groups in total. The lowest BCUT2D eigenvalue weighted by molar-refractivity contribution is -0.113. The van der Waals surface area contributed by atoms with Gasteiger partial charge in [0.15, 0.2) is 5.82 Å². The van der Waals surface area contributed by atoms with Gasteiger partial charge >= 0.3 is 0 Å². The van der Waals surface area contributed by atoms with Gasteiger partial charge in [-0.25, -0.2) is 9.37 Å². The minimum Gasteiger partial charge on any atom is -0.476 e. The van der Waals surface area contributed by atoms with E-state index in [0.29, 0.717) is 26.2 Å². The molecule has 100 valence electrons. The second kappa shape index (κ2) is 5.20. The van der Waals surface area contributed by atoms with Crippen molar-refractivity contribution >= 4 is 0 Å². The average Bonchev–Trinajstić information content (AvgIpc) is 2.36. The number of halogens is 1. The summed E-state index contributed by atoms with van der Waals surface area (Å²) < 4.78 is 24.7. The molecule has 2 unspecified atom stereocenters. The molecule has 0 bridgehead atoms. The Morgan fingerprint density at radius 2 is 2.44 bits per heavy atom. The summed E-state index contributed by atoms with van der Waals surface area (Å²) in [5, 5.41) is 10.7. The van der Waals surface area contributed by atoms with Crippen LogP contribution in [-0.2, 0) is 10.3 Å². The van der Waals surface area contributed by atoms with Gasteiger partial charge in [-0.2, -0.15) is 0 Å². The Morgan fingerprint density at radius 3 is 3.11 bits per heavy atom. The van der Waals surface area contributed by atoms with E-state index >= 15 is 0 Å². The molecule has 0 aromatic carbocycles. The molecule has 18 heavy (non-hydrogen) atoms. The van der Waals surface area contributed by atoms with Crippen LogP contribution in [0.2, 0.25) is 0 Å². The van der Waals surface area contributed by atoms with Crippen LogP contribution in [-0.4, -0.2) is 29.9 Å². The van der Waals surface area contributed by atoms with Gasteiger partial charge in [0.2, 0.25) is 0 Å². The van der Waals surface area contributed by atoms with Crippen molar-refractivity contribution < 1.29 is 19.0 Å². The van der Waals surface area contributed by atoms with E-state index in [9.17, 15) is 9.50 Å². The van der Waals surface area contributed by atoms with Gasteiger partial charge in [-0.1, -0.05) is 6.92 Å².